The van der Waals surface area contributed by atoms with Gasteiger partial charge in [-0.2, -0.15) is 0 Å². The number of unbranched alkanes of at least 4 members (excludes halogenated alkanes) is 30. The molecular formula is C66H114O6. The van der Waals surface area contributed by atoms with Gasteiger partial charge in [0, 0.05) is 19.3 Å². The monoisotopic (exact) mass is 1000 g/mol. The lowest BCUT2D eigenvalue weighted by Crippen LogP contribution is -2.30. The number of rotatable bonds is 55. The standard InChI is InChI=1S/C66H114O6/c1-4-7-10-13-16-19-22-24-25-26-27-28-29-30-31-32-33-34-35-36-37-38-39-40-41-43-44-47-50-53-56-59-65(68)71-62-63(61-70-64(67)58-55-52-49-46-21-18-15-12-9-6-3)72-66(69)60-57-54-51-48-45-42-23-20-17-14-11-8-5-2/h8,11-12,15,17,20,22,24,26-27,42,45,51,54,63H,4-7,9-10,13-14,16,18-19,21,23,25,28-41,43-44,46-50,52-53,55-62H2,1-3H3/b11-8-,15-12-,20-17-,24-22-,27-26-,45-42-,54-51-. The zero-order valence-corrected chi connectivity index (χ0v) is 47.4. The average Bonchev–Trinajstić information content (AvgIpc) is 3.38. The van der Waals surface area contributed by atoms with Crippen LogP contribution in [0.25, 0.3) is 0 Å². The van der Waals surface area contributed by atoms with Gasteiger partial charge in [-0.05, 0) is 96.3 Å². The molecule has 0 aromatic rings. The molecule has 6 nitrogen and oxygen atoms in total. The van der Waals surface area contributed by atoms with Crippen LogP contribution in [-0.2, 0) is 28.6 Å². The molecule has 1 unspecified atom stereocenters. The zero-order chi connectivity index (χ0) is 52.2. The second kappa shape index (κ2) is 60.1. The van der Waals surface area contributed by atoms with Crippen molar-refractivity contribution in [3.8, 4) is 0 Å². The maximum Gasteiger partial charge on any atom is 0.306 e. The third-order valence-corrected chi connectivity index (χ3v) is 13.1. The van der Waals surface area contributed by atoms with Gasteiger partial charge in [0.05, 0.1) is 0 Å². The summed E-state index contributed by atoms with van der Waals surface area (Å²) in [4.78, 5) is 38.0. The molecule has 0 saturated heterocycles. The summed E-state index contributed by atoms with van der Waals surface area (Å²) < 4.78 is 16.7. The minimum absolute atomic E-state index is 0.106. The summed E-state index contributed by atoms with van der Waals surface area (Å²) >= 11 is 0. The third-order valence-electron chi connectivity index (χ3n) is 13.1. The fraction of sp³-hybridized carbons (Fsp3) is 0.742. The minimum Gasteiger partial charge on any atom is -0.462 e. The molecule has 0 fully saturated rings. The predicted octanol–water partition coefficient (Wildman–Crippen LogP) is 20.7. The first-order valence-electron chi connectivity index (χ1n) is 30.6. The van der Waals surface area contributed by atoms with Gasteiger partial charge in [-0.25, -0.2) is 0 Å². The van der Waals surface area contributed by atoms with Crippen LogP contribution in [-0.4, -0.2) is 37.2 Å². The fourth-order valence-corrected chi connectivity index (χ4v) is 8.55. The number of carbonyl (C=O) groups is 3. The van der Waals surface area contributed by atoms with E-state index in [9.17, 15) is 14.4 Å². The van der Waals surface area contributed by atoms with Gasteiger partial charge in [0.25, 0.3) is 0 Å². The van der Waals surface area contributed by atoms with E-state index in [-0.39, 0.29) is 31.6 Å². The lowest BCUT2D eigenvalue weighted by Gasteiger charge is -2.18. The Balaban J connectivity index is 4.11. The molecule has 0 amide bonds. The quantitative estimate of drug-likeness (QED) is 0.0261. The van der Waals surface area contributed by atoms with Gasteiger partial charge in [-0.15, -0.1) is 0 Å². The Morgan fingerprint density at radius 1 is 0.292 bits per heavy atom. The first kappa shape index (κ1) is 68.6. The van der Waals surface area contributed by atoms with Crippen LogP contribution in [0.15, 0.2) is 85.1 Å². The molecule has 6 heteroatoms. The van der Waals surface area contributed by atoms with Crippen molar-refractivity contribution in [3.63, 3.8) is 0 Å². The van der Waals surface area contributed by atoms with Crippen LogP contribution < -0.4 is 0 Å². The highest BCUT2D eigenvalue weighted by atomic mass is 16.6. The molecule has 0 N–H and O–H groups in total. The highest BCUT2D eigenvalue weighted by Crippen LogP contribution is 2.16. The highest BCUT2D eigenvalue weighted by Gasteiger charge is 2.19. The van der Waals surface area contributed by atoms with Crippen molar-refractivity contribution in [1.29, 1.82) is 0 Å². The molecule has 0 aromatic carbocycles. The molecule has 0 spiro atoms. The van der Waals surface area contributed by atoms with Gasteiger partial charge in [0.1, 0.15) is 13.2 Å². The number of esters is 3. The van der Waals surface area contributed by atoms with Crippen LogP contribution in [0.5, 0.6) is 0 Å². The van der Waals surface area contributed by atoms with Crippen molar-refractivity contribution in [3.05, 3.63) is 85.1 Å². The van der Waals surface area contributed by atoms with E-state index >= 15 is 0 Å². The van der Waals surface area contributed by atoms with Gasteiger partial charge < -0.3 is 14.2 Å². The molecule has 0 radical (unpaired) electrons. The Morgan fingerprint density at radius 3 is 0.972 bits per heavy atom. The van der Waals surface area contributed by atoms with E-state index < -0.39 is 12.1 Å². The molecule has 414 valence electrons. The van der Waals surface area contributed by atoms with Crippen molar-refractivity contribution >= 4 is 17.9 Å². The second-order valence-corrected chi connectivity index (χ2v) is 20.2. The predicted molar refractivity (Wildman–Crippen MR) is 311 cm³/mol. The van der Waals surface area contributed by atoms with Crippen LogP contribution in [0.1, 0.15) is 297 Å². The maximum atomic E-state index is 12.8. The Labute approximate surface area is 445 Å². The number of carbonyl (C=O) groups excluding carboxylic acids is 3. The van der Waals surface area contributed by atoms with Crippen LogP contribution >= 0.6 is 0 Å². The number of hydrogen-bond acceptors (Lipinski definition) is 6. The number of hydrogen-bond donors (Lipinski definition) is 0. The topological polar surface area (TPSA) is 78.9 Å². The largest absolute Gasteiger partial charge is 0.462 e. The van der Waals surface area contributed by atoms with Gasteiger partial charge in [0.15, 0.2) is 6.10 Å². The lowest BCUT2D eigenvalue weighted by molar-refractivity contribution is -0.166. The minimum atomic E-state index is -0.816. The molecule has 0 bridgehead atoms. The molecule has 0 aliphatic heterocycles. The molecule has 0 aromatic heterocycles. The second-order valence-electron chi connectivity index (χ2n) is 20.2. The van der Waals surface area contributed by atoms with Crippen molar-refractivity contribution in [2.45, 2.75) is 303 Å². The molecule has 0 saturated carbocycles. The molecule has 72 heavy (non-hydrogen) atoms. The zero-order valence-electron chi connectivity index (χ0n) is 47.4. The van der Waals surface area contributed by atoms with Gasteiger partial charge in [-0.1, -0.05) is 266 Å². The Morgan fingerprint density at radius 2 is 0.597 bits per heavy atom. The Bertz CT molecular complexity index is 1380. The van der Waals surface area contributed by atoms with E-state index in [0.29, 0.717) is 19.3 Å². The summed E-state index contributed by atoms with van der Waals surface area (Å²) in [6.07, 6.45) is 79.2. The van der Waals surface area contributed by atoms with E-state index in [2.05, 4.69) is 93.7 Å². The van der Waals surface area contributed by atoms with Gasteiger partial charge >= 0.3 is 17.9 Å². The molecule has 0 aliphatic rings. The van der Waals surface area contributed by atoms with Gasteiger partial charge in [-0.3, -0.25) is 14.4 Å². The van der Waals surface area contributed by atoms with Crippen LogP contribution in [0, 0.1) is 0 Å². The summed E-state index contributed by atoms with van der Waals surface area (Å²) in [5.74, 6) is -0.994. The molecular weight excluding hydrogens is 889 g/mol. The van der Waals surface area contributed by atoms with Crippen LogP contribution in [0.4, 0.5) is 0 Å². The summed E-state index contributed by atoms with van der Waals surface area (Å²) in [6, 6.07) is 0. The van der Waals surface area contributed by atoms with E-state index in [1.165, 1.54) is 161 Å². The number of ether oxygens (including phenoxy) is 3. The Kier molecular flexibility index (Phi) is 57.3. The summed E-state index contributed by atoms with van der Waals surface area (Å²) in [5, 5.41) is 0. The Hall–Kier alpha value is -3.41. The molecule has 1 atom stereocenters. The van der Waals surface area contributed by atoms with Gasteiger partial charge in [0.2, 0.25) is 0 Å². The van der Waals surface area contributed by atoms with Crippen molar-refractivity contribution in [2.75, 3.05) is 13.2 Å². The fourth-order valence-electron chi connectivity index (χ4n) is 8.55. The molecule has 0 heterocycles. The summed E-state index contributed by atoms with van der Waals surface area (Å²) in [7, 11) is 0. The SMILES string of the molecule is CC/C=C\C/C=C\C/C=C\C/C=C\CCC(=O)OC(COC(=O)CCCCCCC/C=C\CCC)COC(=O)CCCCCCCCCCCCCCCCCCCCC/C=C\C/C=C\CCCCCCC. The summed E-state index contributed by atoms with van der Waals surface area (Å²) in [6.45, 7) is 6.40. The van der Waals surface area contributed by atoms with Crippen molar-refractivity contribution < 1.29 is 28.6 Å². The van der Waals surface area contributed by atoms with Crippen molar-refractivity contribution in [2.24, 2.45) is 0 Å². The number of allylic oxidation sites excluding steroid dienone is 14. The molecule has 0 aliphatic carbocycles. The molecule has 0 rings (SSSR count). The van der Waals surface area contributed by atoms with Crippen LogP contribution in [0.2, 0.25) is 0 Å². The van der Waals surface area contributed by atoms with E-state index in [4.69, 9.17) is 14.2 Å². The smallest absolute Gasteiger partial charge is 0.306 e. The van der Waals surface area contributed by atoms with E-state index in [1.807, 2.05) is 12.2 Å². The lowest BCUT2D eigenvalue weighted by atomic mass is 10.0. The first-order valence-corrected chi connectivity index (χ1v) is 30.6. The average molecular weight is 1000 g/mol. The summed E-state index contributed by atoms with van der Waals surface area (Å²) in [5.41, 5.74) is 0. The highest BCUT2D eigenvalue weighted by molar-refractivity contribution is 5.71. The van der Waals surface area contributed by atoms with E-state index in [1.54, 1.807) is 0 Å². The third kappa shape index (κ3) is 57.5. The van der Waals surface area contributed by atoms with Crippen LogP contribution in [0.3, 0.4) is 0 Å². The van der Waals surface area contributed by atoms with Crippen molar-refractivity contribution in [1.82, 2.24) is 0 Å². The first-order chi connectivity index (χ1) is 35.5. The van der Waals surface area contributed by atoms with E-state index in [0.717, 1.165) is 89.9 Å². The normalized spacial score (nSPS) is 12.7. The maximum absolute atomic E-state index is 12.8.